The number of nitrogens with one attached hydrogen (secondary N) is 2. The fourth-order valence-corrected chi connectivity index (χ4v) is 1.91. The van der Waals surface area contributed by atoms with Crippen LogP contribution in [-0.2, 0) is 4.79 Å². The van der Waals surface area contributed by atoms with Gasteiger partial charge in [-0.2, -0.15) is 0 Å². The lowest BCUT2D eigenvalue weighted by Gasteiger charge is -2.14. The Bertz CT molecular complexity index is 444. The molecule has 0 aromatic heterocycles. The van der Waals surface area contributed by atoms with Crippen molar-refractivity contribution in [2.24, 2.45) is 0 Å². The van der Waals surface area contributed by atoms with Gasteiger partial charge in [-0.1, -0.05) is 23.2 Å². The maximum absolute atomic E-state index is 11.2. The summed E-state index contributed by atoms with van der Waals surface area (Å²) < 4.78 is 5.38. The Balaban J connectivity index is 2.26. The average molecular weight is 321 g/mol. The van der Waals surface area contributed by atoms with E-state index in [1.54, 1.807) is 18.2 Å². The number of aliphatic hydroxyl groups excluding tert-OH is 1. The van der Waals surface area contributed by atoms with Crippen LogP contribution in [0, 0.1) is 0 Å². The second kappa shape index (κ2) is 9.02. The average Bonchev–Trinajstić information content (AvgIpc) is 2.38. The molecule has 0 saturated carbocycles. The minimum Gasteiger partial charge on any atom is -0.489 e. The van der Waals surface area contributed by atoms with Gasteiger partial charge in [-0.25, -0.2) is 0 Å². The molecule has 7 heteroatoms. The molecule has 1 rings (SSSR count). The molecule has 0 fully saturated rings. The zero-order chi connectivity index (χ0) is 15.0. The standard InChI is InChI=1S/C13H18Cl2N2O3/c1-2-17-13(19)7-16-6-10(18)8-20-12-4-3-9(14)5-11(12)15/h3-5,10,16,18H,2,6-8H2,1H3,(H,17,19). The Morgan fingerprint density at radius 3 is 2.85 bits per heavy atom. The van der Waals surface area contributed by atoms with Crippen molar-refractivity contribution in [2.75, 3.05) is 26.2 Å². The zero-order valence-electron chi connectivity index (χ0n) is 11.2. The molecule has 0 bridgehead atoms. The Kier molecular flexibility index (Phi) is 7.69. The van der Waals surface area contributed by atoms with Gasteiger partial charge >= 0.3 is 0 Å². The summed E-state index contributed by atoms with van der Waals surface area (Å²) in [5.41, 5.74) is 0. The van der Waals surface area contributed by atoms with Crippen molar-refractivity contribution in [3.8, 4) is 5.75 Å². The zero-order valence-corrected chi connectivity index (χ0v) is 12.7. The molecule has 1 aromatic rings. The van der Waals surface area contributed by atoms with Crippen molar-refractivity contribution in [3.05, 3.63) is 28.2 Å². The van der Waals surface area contributed by atoms with Crippen LogP contribution in [0.1, 0.15) is 6.92 Å². The van der Waals surface area contributed by atoms with Gasteiger partial charge in [-0.15, -0.1) is 0 Å². The Morgan fingerprint density at radius 1 is 1.45 bits per heavy atom. The van der Waals surface area contributed by atoms with Gasteiger partial charge < -0.3 is 20.5 Å². The lowest BCUT2D eigenvalue weighted by Crippen LogP contribution is -2.38. The number of likely N-dealkylation sites (N-methyl/N-ethyl adjacent to an activating group) is 1. The molecule has 0 saturated heterocycles. The summed E-state index contributed by atoms with van der Waals surface area (Å²) >= 11 is 11.7. The molecule has 112 valence electrons. The van der Waals surface area contributed by atoms with E-state index in [-0.39, 0.29) is 25.6 Å². The second-order valence-electron chi connectivity index (χ2n) is 4.12. The molecular formula is C13H18Cl2N2O3. The molecule has 20 heavy (non-hydrogen) atoms. The summed E-state index contributed by atoms with van der Waals surface area (Å²) in [4.78, 5) is 11.2. The molecule has 0 heterocycles. The van der Waals surface area contributed by atoms with E-state index in [0.717, 1.165) is 0 Å². The highest BCUT2D eigenvalue weighted by Crippen LogP contribution is 2.27. The van der Waals surface area contributed by atoms with Crippen molar-refractivity contribution in [2.45, 2.75) is 13.0 Å². The molecule has 5 nitrogen and oxygen atoms in total. The van der Waals surface area contributed by atoms with Crippen LogP contribution in [-0.4, -0.2) is 43.4 Å². The molecule has 0 aliphatic rings. The quantitative estimate of drug-likeness (QED) is 0.678. The largest absolute Gasteiger partial charge is 0.489 e. The summed E-state index contributed by atoms with van der Waals surface area (Å²) in [6, 6.07) is 4.86. The summed E-state index contributed by atoms with van der Waals surface area (Å²) in [5, 5.41) is 16.1. The second-order valence-corrected chi connectivity index (χ2v) is 4.97. The molecule has 0 aliphatic carbocycles. The lowest BCUT2D eigenvalue weighted by molar-refractivity contribution is -0.120. The Morgan fingerprint density at radius 2 is 2.20 bits per heavy atom. The van der Waals surface area contributed by atoms with Crippen LogP contribution in [0.3, 0.4) is 0 Å². The smallest absolute Gasteiger partial charge is 0.233 e. The van der Waals surface area contributed by atoms with E-state index < -0.39 is 6.10 Å². The van der Waals surface area contributed by atoms with Crippen LogP contribution in [0.5, 0.6) is 5.75 Å². The fraction of sp³-hybridized carbons (Fsp3) is 0.462. The minimum atomic E-state index is -0.740. The van der Waals surface area contributed by atoms with E-state index in [0.29, 0.717) is 22.3 Å². The first-order valence-corrected chi connectivity index (χ1v) is 7.01. The van der Waals surface area contributed by atoms with Crippen LogP contribution in [0.2, 0.25) is 10.0 Å². The van der Waals surface area contributed by atoms with Gasteiger partial charge in [0.1, 0.15) is 18.5 Å². The Labute approximate surface area is 128 Å². The number of benzene rings is 1. The van der Waals surface area contributed by atoms with Crippen LogP contribution < -0.4 is 15.4 Å². The molecule has 0 radical (unpaired) electrons. The molecule has 1 unspecified atom stereocenters. The minimum absolute atomic E-state index is 0.0732. The summed E-state index contributed by atoms with van der Waals surface area (Å²) in [6.45, 7) is 2.91. The SMILES string of the molecule is CCNC(=O)CNCC(O)COc1ccc(Cl)cc1Cl. The lowest BCUT2D eigenvalue weighted by atomic mass is 10.3. The predicted molar refractivity (Wildman–Crippen MR) is 79.5 cm³/mol. The Hall–Kier alpha value is -1.01. The highest BCUT2D eigenvalue weighted by molar-refractivity contribution is 6.35. The number of hydrogen-bond donors (Lipinski definition) is 3. The van der Waals surface area contributed by atoms with E-state index >= 15 is 0 Å². The number of amides is 1. The number of ether oxygens (including phenoxy) is 1. The first-order valence-electron chi connectivity index (χ1n) is 6.26. The van der Waals surface area contributed by atoms with Gasteiger partial charge in [0.05, 0.1) is 11.6 Å². The van der Waals surface area contributed by atoms with E-state index in [9.17, 15) is 9.90 Å². The number of aliphatic hydroxyl groups is 1. The van der Waals surface area contributed by atoms with Crippen LogP contribution in [0.25, 0.3) is 0 Å². The van der Waals surface area contributed by atoms with Crippen molar-refractivity contribution in [1.29, 1.82) is 0 Å². The third-order valence-electron chi connectivity index (χ3n) is 2.36. The summed E-state index contributed by atoms with van der Waals surface area (Å²) in [6.07, 6.45) is -0.740. The maximum Gasteiger partial charge on any atom is 0.233 e. The monoisotopic (exact) mass is 320 g/mol. The van der Waals surface area contributed by atoms with E-state index in [1.165, 1.54) is 0 Å². The molecule has 3 N–H and O–H groups in total. The highest BCUT2D eigenvalue weighted by atomic mass is 35.5. The predicted octanol–water partition coefficient (Wildman–Crippen LogP) is 1.46. The molecule has 1 atom stereocenters. The van der Waals surface area contributed by atoms with Crippen LogP contribution >= 0.6 is 23.2 Å². The molecule has 0 aliphatic heterocycles. The molecule has 1 aromatic carbocycles. The van der Waals surface area contributed by atoms with Crippen molar-refractivity contribution >= 4 is 29.1 Å². The van der Waals surface area contributed by atoms with E-state index in [2.05, 4.69) is 10.6 Å². The van der Waals surface area contributed by atoms with Crippen molar-refractivity contribution in [1.82, 2.24) is 10.6 Å². The van der Waals surface area contributed by atoms with Gasteiger partial charge in [-0.3, -0.25) is 4.79 Å². The molecular weight excluding hydrogens is 303 g/mol. The summed E-state index contributed by atoms with van der Waals surface area (Å²) in [5.74, 6) is 0.347. The van der Waals surface area contributed by atoms with E-state index in [1.807, 2.05) is 6.92 Å². The first-order chi connectivity index (χ1) is 9.52. The number of rotatable bonds is 8. The fourth-order valence-electron chi connectivity index (χ4n) is 1.45. The molecule has 0 spiro atoms. The van der Waals surface area contributed by atoms with Crippen molar-refractivity contribution in [3.63, 3.8) is 0 Å². The van der Waals surface area contributed by atoms with Crippen LogP contribution in [0.15, 0.2) is 18.2 Å². The van der Waals surface area contributed by atoms with Gasteiger partial charge in [0.15, 0.2) is 0 Å². The first kappa shape index (κ1) is 17.0. The van der Waals surface area contributed by atoms with Gasteiger partial charge in [0, 0.05) is 18.1 Å². The topological polar surface area (TPSA) is 70.6 Å². The van der Waals surface area contributed by atoms with Crippen LogP contribution in [0.4, 0.5) is 0 Å². The highest BCUT2D eigenvalue weighted by Gasteiger charge is 2.08. The van der Waals surface area contributed by atoms with Gasteiger partial charge in [0.25, 0.3) is 0 Å². The van der Waals surface area contributed by atoms with Gasteiger partial charge in [-0.05, 0) is 25.1 Å². The van der Waals surface area contributed by atoms with E-state index in [4.69, 9.17) is 27.9 Å². The summed E-state index contributed by atoms with van der Waals surface area (Å²) in [7, 11) is 0. The number of halogens is 2. The number of hydrogen-bond acceptors (Lipinski definition) is 4. The van der Waals surface area contributed by atoms with Gasteiger partial charge in [0.2, 0.25) is 5.91 Å². The third-order valence-corrected chi connectivity index (χ3v) is 2.90. The normalized spacial score (nSPS) is 12.0. The maximum atomic E-state index is 11.2. The number of carbonyl (C=O) groups excluding carboxylic acids is 1. The molecule has 1 amide bonds. The third kappa shape index (κ3) is 6.43. The number of carbonyl (C=O) groups is 1. The van der Waals surface area contributed by atoms with Crippen molar-refractivity contribution < 1.29 is 14.6 Å².